The van der Waals surface area contributed by atoms with Gasteiger partial charge in [-0.15, -0.1) is 5.10 Å². The molecule has 1 aliphatic rings. The number of halogens is 3. The van der Waals surface area contributed by atoms with Crippen LogP contribution < -0.4 is 9.47 Å². The molecule has 0 atom stereocenters. The molecule has 0 saturated heterocycles. The van der Waals surface area contributed by atoms with Crippen molar-refractivity contribution in [1.29, 1.82) is 0 Å². The maximum Gasteiger partial charge on any atom is 0.387 e. The fourth-order valence-electron chi connectivity index (χ4n) is 3.11. The van der Waals surface area contributed by atoms with Crippen molar-refractivity contribution in [2.24, 2.45) is 5.92 Å². The van der Waals surface area contributed by atoms with Crippen molar-refractivity contribution in [3.05, 3.63) is 53.9 Å². The summed E-state index contributed by atoms with van der Waals surface area (Å²) in [5.74, 6) is 1.54. The van der Waals surface area contributed by atoms with Crippen molar-refractivity contribution in [1.82, 2.24) is 24.6 Å². The predicted molar refractivity (Wildman–Crippen MR) is 109 cm³/mol. The first-order chi connectivity index (χ1) is 15.1. The van der Waals surface area contributed by atoms with Gasteiger partial charge in [0.25, 0.3) is 5.78 Å². The van der Waals surface area contributed by atoms with Crippen LogP contribution in [0.5, 0.6) is 11.5 Å². The third-order valence-electron chi connectivity index (χ3n) is 4.85. The van der Waals surface area contributed by atoms with Crippen molar-refractivity contribution in [3.63, 3.8) is 0 Å². The van der Waals surface area contributed by atoms with Gasteiger partial charge in [0.15, 0.2) is 17.3 Å². The number of fused-ring (bicyclic) bond motifs is 1. The molecule has 0 aliphatic heterocycles. The fraction of sp³-hybridized carbons (Fsp3) is 0.238. The molecule has 1 aliphatic carbocycles. The molecule has 0 unspecified atom stereocenters. The van der Waals surface area contributed by atoms with E-state index >= 15 is 0 Å². The van der Waals surface area contributed by atoms with Gasteiger partial charge in [-0.2, -0.15) is 18.3 Å². The van der Waals surface area contributed by atoms with Gasteiger partial charge in [0.1, 0.15) is 5.15 Å². The van der Waals surface area contributed by atoms with Gasteiger partial charge >= 0.3 is 6.61 Å². The number of hydrogen-bond acceptors (Lipinski definition) is 6. The molecule has 4 aromatic rings. The third-order valence-corrected chi connectivity index (χ3v) is 5.08. The number of pyridine rings is 1. The third kappa shape index (κ3) is 4.27. The quantitative estimate of drug-likeness (QED) is 0.378. The molecule has 0 spiro atoms. The molecule has 3 aromatic heterocycles. The Morgan fingerprint density at radius 1 is 1.06 bits per heavy atom. The molecule has 0 radical (unpaired) electrons. The molecule has 5 rings (SSSR count). The summed E-state index contributed by atoms with van der Waals surface area (Å²) < 4.78 is 37.6. The van der Waals surface area contributed by atoms with Crippen LogP contribution in [0.2, 0.25) is 5.15 Å². The first-order valence-corrected chi connectivity index (χ1v) is 10.0. The largest absolute Gasteiger partial charge is 0.489 e. The summed E-state index contributed by atoms with van der Waals surface area (Å²) in [6, 6.07) is 9.99. The van der Waals surface area contributed by atoms with Crippen molar-refractivity contribution < 1.29 is 18.3 Å². The van der Waals surface area contributed by atoms with Crippen LogP contribution in [0.25, 0.3) is 28.4 Å². The minimum atomic E-state index is -2.94. The molecule has 10 heteroatoms. The molecule has 1 fully saturated rings. The van der Waals surface area contributed by atoms with Gasteiger partial charge in [0, 0.05) is 23.5 Å². The van der Waals surface area contributed by atoms with E-state index in [4.69, 9.17) is 16.3 Å². The monoisotopic (exact) mass is 443 g/mol. The lowest BCUT2D eigenvalue weighted by atomic mass is 10.1. The van der Waals surface area contributed by atoms with Crippen LogP contribution >= 0.6 is 11.6 Å². The Morgan fingerprint density at radius 2 is 1.90 bits per heavy atom. The van der Waals surface area contributed by atoms with Gasteiger partial charge in [-0.05, 0) is 55.2 Å². The summed E-state index contributed by atoms with van der Waals surface area (Å²) in [7, 11) is 0. The van der Waals surface area contributed by atoms with Crippen LogP contribution in [0, 0.1) is 5.92 Å². The van der Waals surface area contributed by atoms with E-state index in [-0.39, 0.29) is 11.5 Å². The number of alkyl halides is 2. The minimum Gasteiger partial charge on any atom is -0.489 e. The van der Waals surface area contributed by atoms with Crippen molar-refractivity contribution in [2.75, 3.05) is 6.61 Å². The Hall–Kier alpha value is -3.33. The van der Waals surface area contributed by atoms with Gasteiger partial charge in [-0.25, -0.2) is 9.97 Å². The average molecular weight is 444 g/mol. The van der Waals surface area contributed by atoms with Crippen LogP contribution in [0.15, 0.2) is 48.8 Å². The molecule has 0 amide bonds. The lowest BCUT2D eigenvalue weighted by Crippen LogP contribution is -2.06. The Balaban J connectivity index is 1.54. The lowest BCUT2D eigenvalue weighted by molar-refractivity contribution is -0.0515. The minimum absolute atomic E-state index is 0.00350. The highest BCUT2D eigenvalue weighted by atomic mass is 35.5. The van der Waals surface area contributed by atoms with Gasteiger partial charge < -0.3 is 9.47 Å². The predicted octanol–water partition coefficient (Wildman–Crippen LogP) is 4.90. The lowest BCUT2D eigenvalue weighted by Gasteiger charge is -2.14. The second kappa shape index (κ2) is 8.07. The summed E-state index contributed by atoms with van der Waals surface area (Å²) >= 11 is 5.85. The SMILES string of the molecule is FC(F)Oc1ccc(-c2ccnc3nc(-c4ccc(Cl)nc4)nn23)cc1OCC1CC1. The Bertz CT molecular complexity index is 1230. The summed E-state index contributed by atoms with van der Waals surface area (Å²) in [4.78, 5) is 12.8. The normalized spacial score (nSPS) is 13.7. The second-order valence-corrected chi connectivity index (χ2v) is 7.53. The molecular formula is C21H16ClF2N5O2. The van der Waals surface area contributed by atoms with E-state index in [0.29, 0.717) is 46.1 Å². The number of benzene rings is 1. The number of rotatable bonds is 7. The molecule has 158 valence electrons. The van der Waals surface area contributed by atoms with Gasteiger partial charge in [-0.3, -0.25) is 0 Å². The van der Waals surface area contributed by atoms with Crippen LogP contribution in [0.1, 0.15) is 12.8 Å². The van der Waals surface area contributed by atoms with E-state index in [1.807, 2.05) is 0 Å². The number of hydrogen-bond donors (Lipinski definition) is 0. The molecule has 3 heterocycles. The van der Waals surface area contributed by atoms with Gasteiger partial charge in [0.05, 0.1) is 12.3 Å². The van der Waals surface area contributed by atoms with Crippen molar-refractivity contribution in [3.8, 4) is 34.1 Å². The highest BCUT2D eigenvalue weighted by molar-refractivity contribution is 6.29. The Labute approximate surface area is 180 Å². The van der Waals surface area contributed by atoms with E-state index in [0.717, 1.165) is 12.8 Å². The number of nitrogens with zero attached hydrogens (tertiary/aromatic N) is 5. The van der Waals surface area contributed by atoms with Crippen molar-refractivity contribution in [2.45, 2.75) is 19.5 Å². The van der Waals surface area contributed by atoms with Crippen molar-refractivity contribution >= 4 is 17.4 Å². The van der Waals surface area contributed by atoms with Crippen LogP contribution in [0.4, 0.5) is 8.78 Å². The molecule has 0 N–H and O–H groups in total. The van der Waals surface area contributed by atoms with E-state index in [1.165, 1.54) is 6.07 Å². The second-order valence-electron chi connectivity index (χ2n) is 7.14. The van der Waals surface area contributed by atoms with Gasteiger partial charge in [0.2, 0.25) is 0 Å². The van der Waals surface area contributed by atoms with E-state index in [9.17, 15) is 8.78 Å². The maximum absolute atomic E-state index is 12.8. The highest BCUT2D eigenvalue weighted by Crippen LogP contribution is 2.36. The molecule has 7 nitrogen and oxygen atoms in total. The topological polar surface area (TPSA) is 74.4 Å². The first kappa shape index (κ1) is 19.6. The molecule has 0 bridgehead atoms. The fourth-order valence-corrected chi connectivity index (χ4v) is 3.22. The first-order valence-electron chi connectivity index (χ1n) is 9.62. The summed E-state index contributed by atoms with van der Waals surface area (Å²) in [5.41, 5.74) is 2.06. The van der Waals surface area contributed by atoms with Crippen LogP contribution in [0.3, 0.4) is 0 Å². The zero-order valence-electron chi connectivity index (χ0n) is 16.1. The van der Waals surface area contributed by atoms with Gasteiger partial charge in [-0.1, -0.05) is 11.6 Å². The number of aromatic nitrogens is 5. The summed E-state index contributed by atoms with van der Waals surface area (Å²) in [6.07, 6.45) is 5.35. The molecule has 1 aromatic carbocycles. The highest BCUT2D eigenvalue weighted by Gasteiger charge is 2.23. The standard InChI is InChI=1S/C21H16ClF2N5O2/c22-18-6-4-14(10-26-18)19-27-21-25-8-7-15(29(21)28-19)13-3-5-16(31-20(23)24)17(9-13)30-11-12-1-2-12/h3-10,12,20H,1-2,11H2. The smallest absolute Gasteiger partial charge is 0.387 e. The molecule has 1 saturated carbocycles. The Kier molecular flexibility index (Phi) is 5.11. The average Bonchev–Trinajstić information content (AvgIpc) is 3.49. The molecular weight excluding hydrogens is 428 g/mol. The Morgan fingerprint density at radius 3 is 2.65 bits per heavy atom. The van der Waals surface area contributed by atoms with E-state index < -0.39 is 6.61 Å². The zero-order chi connectivity index (χ0) is 21.4. The van der Waals surface area contributed by atoms with E-state index in [1.54, 1.807) is 47.2 Å². The number of ether oxygens (including phenoxy) is 2. The summed E-state index contributed by atoms with van der Waals surface area (Å²) in [6.45, 7) is -2.47. The zero-order valence-corrected chi connectivity index (χ0v) is 16.8. The van der Waals surface area contributed by atoms with Crippen LogP contribution in [-0.2, 0) is 0 Å². The maximum atomic E-state index is 12.8. The van der Waals surface area contributed by atoms with Crippen LogP contribution in [-0.4, -0.2) is 37.8 Å². The van der Waals surface area contributed by atoms with E-state index in [2.05, 4.69) is 24.8 Å². The summed E-state index contributed by atoms with van der Waals surface area (Å²) in [5, 5.41) is 4.91. The molecule has 31 heavy (non-hydrogen) atoms.